The summed E-state index contributed by atoms with van der Waals surface area (Å²) in [6, 6.07) is 0.158. The van der Waals surface area contributed by atoms with Crippen LogP contribution in [0.2, 0.25) is 0 Å². The van der Waals surface area contributed by atoms with Crippen LogP contribution in [-0.4, -0.2) is 53.1 Å². The summed E-state index contributed by atoms with van der Waals surface area (Å²) in [7, 11) is 0. The van der Waals surface area contributed by atoms with Crippen LogP contribution in [0.5, 0.6) is 0 Å². The molecule has 5 nitrogen and oxygen atoms in total. The second-order valence-corrected chi connectivity index (χ2v) is 6.97. The zero-order chi connectivity index (χ0) is 15.5. The van der Waals surface area contributed by atoms with Crippen molar-refractivity contribution < 1.29 is 14.7 Å². The van der Waals surface area contributed by atoms with Gasteiger partial charge in [0.2, 0.25) is 0 Å². The molecule has 2 fully saturated rings. The first kappa shape index (κ1) is 16.1. The van der Waals surface area contributed by atoms with Crippen LogP contribution in [0.1, 0.15) is 52.4 Å². The van der Waals surface area contributed by atoms with Gasteiger partial charge in [-0.05, 0) is 37.0 Å². The van der Waals surface area contributed by atoms with E-state index in [1.54, 1.807) is 0 Å². The Hall–Kier alpha value is -1.26. The molecule has 2 heterocycles. The Bertz CT molecular complexity index is 389. The minimum atomic E-state index is -0.741. The number of carbonyl (C=O) groups is 2. The van der Waals surface area contributed by atoms with Gasteiger partial charge < -0.3 is 14.9 Å². The van der Waals surface area contributed by atoms with Gasteiger partial charge in [-0.2, -0.15) is 0 Å². The van der Waals surface area contributed by atoms with Crippen LogP contribution < -0.4 is 0 Å². The predicted octanol–water partition coefficient (Wildman–Crippen LogP) is 2.81. The topological polar surface area (TPSA) is 60.9 Å². The molecule has 0 spiro atoms. The molecule has 0 aromatic carbocycles. The maximum atomic E-state index is 12.5. The molecule has 120 valence electrons. The lowest BCUT2D eigenvalue weighted by molar-refractivity contribution is -0.137. The third kappa shape index (κ3) is 4.11. The summed E-state index contributed by atoms with van der Waals surface area (Å²) >= 11 is 0. The largest absolute Gasteiger partial charge is 0.481 e. The fraction of sp³-hybridized carbons (Fsp3) is 0.875. The third-order valence-corrected chi connectivity index (χ3v) is 5.42. The minimum Gasteiger partial charge on any atom is -0.481 e. The predicted molar refractivity (Wildman–Crippen MR) is 81.2 cm³/mol. The molecule has 21 heavy (non-hydrogen) atoms. The van der Waals surface area contributed by atoms with Crippen molar-refractivity contribution in [3.05, 3.63) is 0 Å². The number of hydrogen-bond acceptors (Lipinski definition) is 2. The van der Waals surface area contributed by atoms with Gasteiger partial charge in [0.15, 0.2) is 0 Å². The smallest absolute Gasteiger partial charge is 0.320 e. The van der Waals surface area contributed by atoms with Gasteiger partial charge in [-0.3, -0.25) is 4.79 Å². The van der Waals surface area contributed by atoms with Crippen LogP contribution in [0.3, 0.4) is 0 Å². The quantitative estimate of drug-likeness (QED) is 0.867. The lowest BCUT2D eigenvalue weighted by Gasteiger charge is -2.40. The van der Waals surface area contributed by atoms with Crippen LogP contribution in [0.15, 0.2) is 0 Å². The van der Waals surface area contributed by atoms with E-state index >= 15 is 0 Å². The average molecular weight is 296 g/mol. The summed E-state index contributed by atoms with van der Waals surface area (Å²) in [6.07, 6.45) is 5.20. The molecular formula is C16H28N2O3. The first-order valence-corrected chi connectivity index (χ1v) is 8.19. The standard InChI is InChI=1S/C16H28N2O3/c1-3-16(2)7-10-17(11-8-16)15(21)18-9-6-13(12-18)4-5-14(19)20/h13H,3-12H2,1-2H3,(H,19,20). The molecule has 5 heteroatoms. The lowest BCUT2D eigenvalue weighted by atomic mass is 9.78. The summed E-state index contributed by atoms with van der Waals surface area (Å²) in [5.41, 5.74) is 0.395. The first-order valence-electron chi connectivity index (χ1n) is 8.19. The number of urea groups is 1. The molecule has 1 N–H and O–H groups in total. The van der Waals surface area contributed by atoms with Gasteiger partial charge in [-0.25, -0.2) is 4.79 Å². The van der Waals surface area contributed by atoms with Crippen molar-refractivity contribution in [2.24, 2.45) is 11.3 Å². The second kappa shape index (κ2) is 6.67. The van der Waals surface area contributed by atoms with Crippen LogP contribution in [0, 0.1) is 11.3 Å². The summed E-state index contributed by atoms with van der Waals surface area (Å²) < 4.78 is 0. The van der Waals surface area contributed by atoms with Gasteiger partial charge in [0.25, 0.3) is 0 Å². The van der Waals surface area contributed by atoms with Gasteiger partial charge >= 0.3 is 12.0 Å². The zero-order valence-electron chi connectivity index (χ0n) is 13.3. The number of rotatable bonds is 4. The number of aliphatic carboxylic acids is 1. The number of hydrogen-bond donors (Lipinski definition) is 1. The maximum absolute atomic E-state index is 12.5. The number of carbonyl (C=O) groups excluding carboxylic acids is 1. The van der Waals surface area contributed by atoms with Crippen LogP contribution in [-0.2, 0) is 4.79 Å². The Balaban J connectivity index is 1.78. The van der Waals surface area contributed by atoms with Crippen molar-refractivity contribution >= 4 is 12.0 Å². The van der Waals surface area contributed by atoms with Crippen LogP contribution in [0.4, 0.5) is 4.79 Å². The summed E-state index contributed by atoms with van der Waals surface area (Å²) in [5, 5.41) is 8.74. The SMILES string of the molecule is CCC1(C)CCN(C(=O)N2CCC(CCC(=O)O)C2)CC1. The Morgan fingerprint density at radius 1 is 1.19 bits per heavy atom. The summed E-state index contributed by atoms with van der Waals surface area (Å²) in [5.74, 6) is -0.384. The Morgan fingerprint density at radius 3 is 2.43 bits per heavy atom. The van der Waals surface area contributed by atoms with Crippen molar-refractivity contribution in [3.8, 4) is 0 Å². The molecule has 2 aliphatic rings. The molecule has 0 saturated carbocycles. The fourth-order valence-corrected chi connectivity index (χ4v) is 3.36. The highest BCUT2D eigenvalue weighted by Gasteiger charge is 2.34. The van der Waals surface area contributed by atoms with Gasteiger partial charge in [0.05, 0.1) is 0 Å². The average Bonchev–Trinajstić information content (AvgIpc) is 2.94. The molecule has 2 rings (SSSR count). The van der Waals surface area contributed by atoms with E-state index in [4.69, 9.17) is 5.11 Å². The van der Waals surface area contributed by atoms with Crippen molar-refractivity contribution in [3.63, 3.8) is 0 Å². The minimum absolute atomic E-state index is 0.158. The monoisotopic (exact) mass is 296 g/mol. The molecule has 0 aromatic rings. The number of piperidine rings is 1. The molecule has 2 saturated heterocycles. The van der Waals surface area contributed by atoms with E-state index < -0.39 is 5.97 Å². The molecule has 0 aliphatic carbocycles. The van der Waals surface area contributed by atoms with Crippen molar-refractivity contribution in [1.29, 1.82) is 0 Å². The van der Waals surface area contributed by atoms with Crippen molar-refractivity contribution in [2.75, 3.05) is 26.2 Å². The van der Waals surface area contributed by atoms with E-state index in [1.165, 1.54) is 6.42 Å². The first-order chi connectivity index (χ1) is 9.93. The molecule has 2 amide bonds. The number of carboxylic acids is 1. The van der Waals surface area contributed by atoms with Gasteiger partial charge in [0, 0.05) is 32.6 Å². The normalized spacial score (nSPS) is 25.1. The van der Waals surface area contributed by atoms with Gasteiger partial charge in [0.1, 0.15) is 0 Å². The highest BCUT2D eigenvalue weighted by molar-refractivity contribution is 5.75. The molecule has 0 radical (unpaired) electrons. The zero-order valence-corrected chi connectivity index (χ0v) is 13.3. The molecule has 1 atom stereocenters. The van der Waals surface area contributed by atoms with Crippen LogP contribution >= 0.6 is 0 Å². The fourth-order valence-electron chi connectivity index (χ4n) is 3.36. The maximum Gasteiger partial charge on any atom is 0.320 e. The Labute approximate surface area is 127 Å². The highest BCUT2D eigenvalue weighted by atomic mass is 16.4. The molecule has 0 aromatic heterocycles. The van der Waals surface area contributed by atoms with Crippen LogP contribution in [0.25, 0.3) is 0 Å². The molecule has 2 aliphatic heterocycles. The van der Waals surface area contributed by atoms with Crippen molar-refractivity contribution in [2.45, 2.75) is 52.4 Å². The number of amides is 2. The van der Waals surface area contributed by atoms with E-state index in [0.717, 1.165) is 45.4 Å². The Kier molecular flexibility index (Phi) is 5.12. The Morgan fingerprint density at radius 2 is 1.86 bits per heavy atom. The molecule has 1 unspecified atom stereocenters. The highest BCUT2D eigenvalue weighted by Crippen LogP contribution is 2.34. The molecule has 0 bridgehead atoms. The van der Waals surface area contributed by atoms with Crippen molar-refractivity contribution in [1.82, 2.24) is 9.80 Å². The van der Waals surface area contributed by atoms with Gasteiger partial charge in [-0.1, -0.05) is 20.3 Å². The summed E-state index contributed by atoms with van der Waals surface area (Å²) in [6.45, 7) is 7.77. The number of nitrogens with zero attached hydrogens (tertiary/aromatic N) is 2. The van der Waals surface area contributed by atoms with Gasteiger partial charge in [-0.15, -0.1) is 0 Å². The number of likely N-dealkylation sites (tertiary alicyclic amines) is 2. The number of carboxylic acid groups (broad SMARTS) is 1. The van der Waals surface area contributed by atoms with E-state index in [2.05, 4.69) is 13.8 Å². The van der Waals surface area contributed by atoms with E-state index in [9.17, 15) is 9.59 Å². The molecular weight excluding hydrogens is 268 g/mol. The lowest BCUT2D eigenvalue weighted by Crippen LogP contribution is -2.47. The summed E-state index contributed by atoms with van der Waals surface area (Å²) in [4.78, 5) is 27.0. The van der Waals surface area contributed by atoms with E-state index in [1.807, 2.05) is 9.80 Å². The van der Waals surface area contributed by atoms with E-state index in [0.29, 0.717) is 17.8 Å². The third-order valence-electron chi connectivity index (χ3n) is 5.42. The second-order valence-electron chi connectivity index (χ2n) is 6.97. The van der Waals surface area contributed by atoms with E-state index in [-0.39, 0.29) is 12.5 Å².